The zero-order valence-electron chi connectivity index (χ0n) is 16.9. The molecule has 0 radical (unpaired) electrons. The van der Waals surface area contributed by atoms with Crippen molar-refractivity contribution in [3.63, 3.8) is 0 Å². The van der Waals surface area contributed by atoms with Gasteiger partial charge in [-0.25, -0.2) is 4.63 Å². The van der Waals surface area contributed by atoms with E-state index in [1.165, 1.54) is 32.5 Å². The highest BCUT2D eigenvalue weighted by molar-refractivity contribution is 5.94. The van der Waals surface area contributed by atoms with Crippen molar-refractivity contribution in [1.82, 2.24) is 15.2 Å². The highest BCUT2D eigenvalue weighted by Gasteiger charge is 2.31. The molecule has 3 heterocycles. The molecule has 7 nitrogen and oxygen atoms in total. The number of anilines is 1. The minimum atomic E-state index is 0.707. The molecule has 2 saturated heterocycles. The first-order valence-electron chi connectivity index (χ1n) is 10.2. The Bertz CT molecular complexity index is 1010. The average Bonchev–Trinajstić information content (AvgIpc) is 3.40. The normalized spacial score (nSPS) is 17.7. The van der Waals surface area contributed by atoms with Crippen LogP contribution in [0.3, 0.4) is 0 Å². The topological polar surface area (TPSA) is 63.9 Å². The van der Waals surface area contributed by atoms with Crippen molar-refractivity contribution < 1.29 is 14.1 Å². The molecular formula is C22H26N4O3. The van der Waals surface area contributed by atoms with E-state index in [9.17, 15) is 0 Å². The van der Waals surface area contributed by atoms with E-state index in [0.717, 1.165) is 40.9 Å². The van der Waals surface area contributed by atoms with Crippen molar-refractivity contribution in [1.29, 1.82) is 0 Å². The van der Waals surface area contributed by atoms with Crippen molar-refractivity contribution in [3.05, 3.63) is 30.3 Å². The number of hydrogen-bond acceptors (Lipinski definition) is 7. The summed E-state index contributed by atoms with van der Waals surface area (Å²) in [4.78, 5) is 4.97. The lowest BCUT2D eigenvalue weighted by molar-refractivity contribution is 0.247. The number of ether oxygens (including phenoxy) is 2. The molecule has 0 saturated carbocycles. The van der Waals surface area contributed by atoms with Gasteiger partial charge in [-0.05, 0) is 60.0 Å². The van der Waals surface area contributed by atoms with E-state index in [4.69, 9.17) is 14.1 Å². The second-order valence-corrected chi connectivity index (χ2v) is 7.95. The van der Waals surface area contributed by atoms with E-state index in [0.29, 0.717) is 17.4 Å². The lowest BCUT2D eigenvalue weighted by atomic mass is 9.96. The van der Waals surface area contributed by atoms with Gasteiger partial charge in [0.2, 0.25) is 0 Å². The minimum Gasteiger partial charge on any atom is -0.493 e. The van der Waals surface area contributed by atoms with Gasteiger partial charge in [-0.3, -0.25) is 0 Å². The first-order valence-corrected chi connectivity index (χ1v) is 10.2. The van der Waals surface area contributed by atoms with Crippen LogP contribution in [0.25, 0.3) is 22.2 Å². The summed E-state index contributed by atoms with van der Waals surface area (Å²) in [5.74, 6) is 2.13. The molecule has 152 valence electrons. The van der Waals surface area contributed by atoms with Crippen LogP contribution in [0.1, 0.15) is 12.8 Å². The largest absolute Gasteiger partial charge is 0.493 e. The number of methoxy groups -OCH3 is 2. The van der Waals surface area contributed by atoms with Crippen LogP contribution >= 0.6 is 0 Å². The fourth-order valence-electron chi connectivity index (χ4n) is 4.60. The SMILES string of the molecule is COc1cccc(-c2cc(N3CC(CN4CCCC4)C3)c3nonc3c2)c1OC. The molecule has 7 heteroatoms. The van der Waals surface area contributed by atoms with E-state index < -0.39 is 0 Å². The van der Waals surface area contributed by atoms with Gasteiger partial charge in [-0.15, -0.1) is 0 Å². The quantitative estimate of drug-likeness (QED) is 0.635. The second-order valence-electron chi connectivity index (χ2n) is 7.95. The number of nitrogens with zero attached hydrogens (tertiary/aromatic N) is 4. The summed E-state index contributed by atoms with van der Waals surface area (Å²) in [5, 5.41) is 8.28. The highest BCUT2D eigenvalue weighted by Crippen LogP contribution is 2.41. The Morgan fingerprint density at radius 2 is 1.90 bits per heavy atom. The fourth-order valence-corrected chi connectivity index (χ4v) is 4.60. The van der Waals surface area contributed by atoms with Crippen LogP contribution < -0.4 is 14.4 Å². The number of hydrogen-bond donors (Lipinski definition) is 0. The second kappa shape index (κ2) is 7.55. The van der Waals surface area contributed by atoms with Gasteiger partial charge in [0.15, 0.2) is 17.0 Å². The standard InChI is InChI=1S/C22H26N4O3/c1-27-20-7-5-6-17(22(20)28-2)16-10-18-21(24-29-23-18)19(11-16)26-13-15(14-26)12-25-8-3-4-9-25/h5-7,10-11,15H,3-4,8-9,12-14H2,1-2H3. The van der Waals surface area contributed by atoms with Crippen molar-refractivity contribution in [2.75, 3.05) is 51.8 Å². The lowest BCUT2D eigenvalue weighted by Gasteiger charge is -2.42. The summed E-state index contributed by atoms with van der Waals surface area (Å²) in [5.41, 5.74) is 4.62. The molecule has 1 aromatic heterocycles. The van der Waals surface area contributed by atoms with E-state index in [2.05, 4.69) is 26.2 Å². The van der Waals surface area contributed by atoms with Gasteiger partial charge in [0, 0.05) is 31.1 Å². The van der Waals surface area contributed by atoms with Gasteiger partial charge in [-0.2, -0.15) is 0 Å². The fraction of sp³-hybridized carbons (Fsp3) is 0.455. The number of para-hydroxylation sites is 1. The molecule has 2 aliphatic heterocycles. The minimum absolute atomic E-state index is 0.707. The third-order valence-corrected chi connectivity index (χ3v) is 6.07. The zero-order chi connectivity index (χ0) is 19.8. The van der Waals surface area contributed by atoms with Crippen molar-refractivity contribution in [3.8, 4) is 22.6 Å². The van der Waals surface area contributed by atoms with E-state index in [1.54, 1.807) is 14.2 Å². The smallest absolute Gasteiger partial charge is 0.168 e. The molecule has 0 bridgehead atoms. The molecule has 5 rings (SSSR count). The van der Waals surface area contributed by atoms with E-state index >= 15 is 0 Å². The maximum absolute atomic E-state index is 5.64. The first kappa shape index (κ1) is 18.2. The van der Waals surface area contributed by atoms with Crippen LogP contribution in [0, 0.1) is 5.92 Å². The predicted octanol–water partition coefficient (Wildman–Crippen LogP) is 3.44. The summed E-state index contributed by atoms with van der Waals surface area (Å²) in [7, 11) is 3.31. The molecule has 0 unspecified atom stereocenters. The number of rotatable bonds is 6. The lowest BCUT2D eigenvalue weighted by Crippen LogP contribution is -2.51. The summed E-state index contributed by atoms with van der Waals surface area (Å²) in [6.45, 7) is 5.77. The maximum Gasteiger partial charge on any atom is 0.168 e. The van der Waals surface area contributed by atoms with Crippen molar-refractivity contribution >= 4 is 16.7 Å². The third-order valence-electron chi connectivity index (χ3n) is 6.07. The molecule has 0 spiro atoms. The molecular weight excluding hydrogens is 368 g/mol. The van der Waals surface area contributed by atoms with Crippen molar-refractivity contribution in [2.24, 2.45) is 5.92 Å². The molecule has 2 aliphatic rings. The van der Waals surface area contributed by atoms with Gasteiger partial charge >= 0.3 is 0 Å². The van der Waals surface area contributed by atoms with Crippen LogP contribution in [0.2, 0.25) is 0 Å². The number of likely N-dealkylation sites (tertiary alicyclic amines) is 1. The molecule has 0 aliphatic carbocycles. The average molecular weight is 394 g/mol. The third kappa shape index (κ3) is 3.29. The van der Waals surface area contributed by atoms with Crippen LogP contribution in [0.4, 0.5) is 5.69 Å². The number of fused-ring (bicyclic) bond motifs is 1. The number of aromatic nitrogens is 2. The first-order chi connectivity index (χ1) is 14.3. The molecule has 0 amide bonds. The Morgan fingerprint density at radius 3 is 2.66 bits per heavy atom. The summed E-state index contributed by atoms with van der Waals surface area (Å²) in [6, 6.07) is 10.1. The van der Waals surface area contributed by atoms with Gasteiger partial charge in [0.1, 0.15) is 5.52 Å². The molecule has 3 aromatic rings. The zero-order valence-corrected chi connectivity index (χ0v) is 16.9. The Balaban J connectivity index is 1.46. The van der Waals surface area contributed by atoms with Gasteiger partial charge in [0.25, 0.3) is 0 Å². The summed E-state index contributed by atoms with van der Waals surface area (Å²) < 4.78 is 16.2. The molecule has 0 N–H and O–H groups in total. The Kier molecular flexibility index (Phi) is 4.75. The molecule has 2 fully saturated rings. The Labute approximate surface area is 170 Å². The predicted molar refractivity (Wildman–Crippen MR) is 112 cm³/mol. The van der Waals surface area contributed by atoms with Gasteiger partial charge in [0.05, 0.1) is 19.9 Å². The van der Waals surface area contributed by atoms with E-state index in [-0.39, 0.29) is 0 Å². The van der Waals surface area contributed by atoms with Crippen molar-refractivity contribution in [2.45, 2.75) is 12.8 Å². The maximum atomic E-state index is 5.64. The monoisotopic (exact) mass is 394 g/mol. The summed E-state index contributed by atoms with van der Waals surface area (Å²) >= 11 is 0. The molecule has 2 aromatic carbocycles. The van der Waals surface area contributed by atoms with Crippen LogP contribution in [-0.2, 0) is 0 Å². The highest BCUT2D eigenvalue weighted by atomic mass is 16.6. The van der Waals surface area contributed by atoms with Crippen LogP contribution in [-0.4, -0.2) is 62.2 Å². The van der Waals surface area contributed by atoms with Crippen LogP contribution in [0.5, 0.6) is 11.5 Å². The van der Waals surface area contributed by atoms with Crippen LogP contribution in [0.15, 0.2) is 35.0 Å². The van der Waals surface area contributed by atoms with E-state index in [1.807, 2.05) is 24.3 Å². The van der Waals surface area contributed by atoms with Gasteiger partial charge < -0.3 is 19.3 Å². The Hall–Kier alpha value is -2.80. The van der Waals surface area contributed by atoms with Gasteiger partial charge in [-0.1, -0.05) is 12.1 Å². The molecule has 29 heavy (non-hydrogen) atoms. The summed E-state index contributed by atoms with van der Waals surface area (Å²) in [6.07, 6.45) is 2.68. The Morgan fingerprint density at radius 1 is 1.07 bits per heavy atom. The number of benzene rings is 2. The molecule has 0 atom stereocenters.